The van der Waals surface area contributed by atoms with E-state index in [2.05, 4.69) is 31.0 Å². The number of aromatic nitrogens is 1. The first kappa shape index (κ1) is 15.1. The van der Waals surface area contributed by atoms with Gasteiger partial charge in [-0.05, 0) is 34.5 Å². The lowest BCUT2D eigenvalue weighted by atomic mass is 10.3. The molecule has 0 aliphatic heterocycles. The fraction of sp³-hybridized carbons (Fsp3) is 0.400. The first-order valence-electron chi connectivity index (χ1n) is 5.23. The predicted octanol–water partition coefficient (Wildman–Crippen LogP) is 0.513. The standard InChI is InChI=1S/C10H14BrN3O3S/c1-18(16,17)14-7-3-6-13-10(15)9-8(11)4-2-5-12-9/h2,4-5,14H,3,6-7H2,1H3,(H,13,15). The van der Waals surface area contributed by atoms with E-state index >= 15 is 0 Å². The zero-order valence-electron chi connectivity index (χ0n) is 9.81. The van der Waals surface area contributed by atoms with Crippen LogP contribution in [0.3, 0.4) is 0 Å². The van der Waals surface area contributed by atoms with Crippen molar-refractivity contribution in [3.05, 3.63) is 28.5 Å². The summed E-state index contributed by atoms with van der Waals surface area (Å²) in [4.78, 5) is 15.6. The lowest BCUT2D eigenvalue weighted by molar-refractivity contribution is 0.0947. The minimum atomic E-state index is -3.17. The minimum absolute atomic E-state index is 0.290. The maximum Gasteiger partial charge on any atom is 0.271 e. The SMILES string of the molecule is CS(=O)(=O)NCCCNC(=O)c1ncccc1Br. The third-order valence-corrected chi connectivity index (χ3v) is 3.35. The number of halogens is 1. The molecule has 0 radical (unpaired) electrons. The average Bonchev–Trinajstić information content (AvgIpc) is 2.27. The zero-order chi connectivity index (χ0) is 13.6. The number of rotatable bonds is 6. The summed E-state index contributed by atoms with van der Waals surface area (Å²) < 4.78 is 24.5. The van der Waals surface area contributed by atoms with Crippen molar-refractivity contribution in [2.24, 2.45) is 0 Å². The molecule has 1 heterocycles. The van der Waals surface area contributed by atoms with Crippen LogP contribution < -0.4 is 10.0 Å². The number of hydrogen-bond acceptors (Lipinski definition) is 4. The molecular weight excluding hydrogens is 322 g/mol. The van der Waals surface area contributed by atoms with Crippen molar-refractivity contribution in [3.63, 3.8) is 0 Å². The molecule has 18 heavy (non-hydrogen) atoms. The van der Waals surface area contributed by atoms with Crippen LogP contribution in [0, 0.1) is 0 Å². The lowest BCUT2D eigenvalue weighted by Gasteiger charge is -2.06. The smallest absolute Gasteiger partial charge is 0.271 e. The van der Waals surface area contributed by atoms with Crippen LogP contribution in [-0.2, 0) is 10.0 Å². The summed E-state index contributed by atoms with van der Waals surface area (Å²) in [7, 11) is -3.17. The molecule has 1 amide bonds. The Labute approximate surface area is 114 Å². The van der Waals surface area contributed by atoms with Crippen LogP contribution in [0.4, 0.5) is 0 Å². The summed E-state index contributed by atoms with van der Waals surface area (Å²) in [6.07, 6.45) is 3.14. The molecule has 0 bridgehead atoms. The Bertz CT molecular complexity index is 519. The number of carbonyl (C=O) groups is 1. The second-order valence-corrected chi connectivity index (χ2v) is 6.30. The van der Waals surface area contributed by atoms with Gasteiger partial charge in [0.25, 0.3) is 5.91 Å². The maximum absolute atomic E-state index is 11.7. The normalized spacial score (nSPS) is 11.2. The third-order valence-electron chi connectivity index (χ3n) is 1.98. The van der Waals surface area contributed by atoms with E-state index in [0.717, 1.165) is 6.26 Å². The van der Waals surface area contributed by atoms with E-state index in [1.807, 2.05) is 0 Å². The summed E-state index contributed by atoms with van der Waals surface area (Å²) in [5.74, 6) is -0.290. The zero-order valence-corrected chi connectivity index (χ0v) is 12.2. The monoisotopic (exact) mass is 335 g/mol. The van der Waals surface area contributed by atoms with E-state index in [0.29, 0.717) is 29.7 Å². The molecule has 6 nitrogen and oxygen atoms in total. The molecule has 100 valence electrons. The highest BCUT2D eigenvalue weighted by Crippen LogP contribution is 2.12. The summed E-state index contributed by atoms with van der Waals surface area (Å²) >= 11 is 3.23. The summed E-state index contributed by atoms with van der Waals surface area (Å²) in [5, 5.41) is 2.66. The second-order valence-electron chi connectivity index (χ2n) is 3.61. The van der Waals surface area contributed by atoms with Gasteiger partial charge in [-0.15, -0.1) is 0 Å². The first-order valence-corrected chi connectivity index (χ1v) is 7.92. The third kappa shape index (κ3) is 5.56. The molecule has 0 atom stereocenters. The molecule has 1 rings (SSSR count). The maximum atomic E-state index is 11.7. The van der Waals surface area contributed by atoms with Crippen LogP contribution in [0.2, 0.25) is 0 Å². The predicted molar refractivity (Wildman–Crippen MR) is 71.7 cm³/mol. The van der Waals surface area contributed by atoms with Crippen LogP contribution in [-0.4, -0.2) is 38.7 Å². The van der Waals surface area contributed by atoms with Gasteiger partial charge in [-0.25, -0.2) is 18.1 Å². The molecule has 1 aromatic rings. The quantitative estimate of drug-likeness (QED) is 0.741. The molecule has 0 aliphatic carbocycles. The minimum Gasteiger partial charge on any atom is -0.351 e. The highest BCUT2D eigenvalue weighted by molar-refractivity contribution is 9.10. The van der Waals surface area contributed by atoms with Crippen molar-refractivity contribution >= 4 is 31.9 Å². The second kappa shape index (κ2) is 6.81. The van der Waals surface area contributed by atoms with Crippen molar-refractivity contribution in [1.29, 1.82) is 0 Å². The molecular formula is C10H14BrN3O3S. The van der Waals surface area contributed by atoms with Gasteiger partial charge in [-0.3, -0.25) is 4.79 Å². The average molecular weight is 336 g/mol. The van der Waals surface area contributed by atoms with Gasteiger partial charge >= 0.3 is 0 Å². The van der Waals surface area contributed by atoms with Gasteiger partial charge in [0.15, 0.2) is 0 Å². The number of amides is 1. The van der Waals surface area contributed by atoms with E-state index in [-0.39, 0.29) is 5.91 Å². The number of carbonyl (C=O) groups excluding carboxylic acids is 1. The molecule has 8 heteroatoms. The molecule has 0 unspecified atom stereocenters. The summed E-state index contributed by atoms with van der Waals surface area (Å²) in [6.45, 7) is 0.673. The molecule has 1 aromatic heterocycles. The molecule has 2 N–H and O–H groups in total. The molecule has 0 saturated heterocycles. The van der Waals surface area contributed by atoms with E-state index in [1.165, 1.54) is 6.20 Å². The Kier molecular flexibility index (Phi) is 5.70. The van der Waals surface area contributed by atoms with E-state index in [1.54, 1.807) is 12.1 Å². The Morgan fingerprint density at radius 3 is 2.78 bits per heavy atom. The van der Waals surface area contributed by atoms with Crippen molar-refractivity contribution in [1.82, 2.24) is 15.0 Å². The molecule has 0 fully saturated rings. The Morgan fingerprint density at radius 2 is 2.17 bits per heavy atom. The first-order chi connectivity index (χ1) is 8.40. The van der Waals surface area contributed by atoms with Crippen molar-refractivity contribution in [2.75, 3.05) is 19.3 Å². The van der Waals surface area contributed by atoms with Gasteiger partial charge in [0, 0.05) is 23.8 Å². The molecule has 0 spiro atoms. The van der Waals surface area contributed by atoms with Gasteiger partial charge < -0.3 is 5.32 Å². The number of pyridine rings is 1. The summed E-state index contributed by atoms with van der Waals surface area (Å²) in [6, 6.07) is 3.45. The van der Waals surface area contributed by atoms with Crippen LogP contribution in [0.1, 0.15) is 16.9 Å². The van der Waals surface area contributed by atoms with E-state index in [9.17, 15) is 13.2 Å². The Morgan fingerprint density at radius 1 is 1.44 bits per heavy atom. The van der Waals surface area contributed by atoms with Crippen molar-refractivity contribution in [2.45, 2.75) is 6.42 Å². The topological polar surface area (TPSA) is 88.2 Å². The number of hydrogen-bond donors (Lipinski definition) is 2. The van der Waals surface area contributed by atoms with Crippen molar-refractivity contribution in [3.8, 4) is 0 Å². The van der Waals surface area contributed by atoms with Crippen molar-refractivity contribution < 1.29 is 13.2 Å². The van der Waals surface area contributed by atoms with Gasteiger partial charge in [0.2, 0.25) is 10.0 Å². The number of nitrogens with zero attached hydrogens (tertiary/aromatic N) is 1. The lowest BCUT2D eigenvalue weighted by Crippen LogP contribution is -2.29. The van der Waals surface area contributed by atoms with Gasteiger partial charge in [0.1, 0.15) is 5.69 Å². The van der Waals surface area contributed by atoms with E-state index < -0.39 is 10.0 Å². The highest BCUT2D eigenvalue weighted by Gasteiger charge is 2.09. The number of sulfonamides is 1. The molecule has 0 saturated carbocycles. The van der Waals surface area contributed by atoms with Gasteiger partial charge in [0.05, 0.1) is 6.26 Å². The van der Waals surface area contributed by atoms with Gasteiger partial charge in [-0.2, -0.15) is 0 Å². The largest absolute Gasteiger partial charge is 0.351 e. The van der Waals surface area contributed by atoms with Crippen LogP contribution >= 0.6 is 15.9 Å². The Hall–Kier alpha value is -0.990. The van der Waals surface area contributed by atoms with Crippen LogP contribution in [0.5, 0.6) is 0 Å². The summed E-state index contributed by atoms with van der Waals surface area (Å²) in [5.41, 5.74) is 0.313. The fourth-order valence-corrected chi connectivity index (χ4v) is 2.13. The highest BCUT2D eigenvalue weighted by atomic mass is 79.9. The number of nitrogens with one attached hydrogen (secondary N) is 2. The molecule has 0 aromatic carbocycles. The van der Waals surface area contributed by atoms with Crippen LogP contribution in [0.15, 0.2) is 22.8 Å². The fourth-order valence-electron chi connectivity index (χ4n) is 1.18. The molecule has 0 aliphatic rings. The Balaban J connectivity index is 2.33. The van der Waals surface area contributed by atoms with Gasteiger partial charge in [-0.1, -0.05) is 0 Å². The van der Waals surface area contributed by atoms with Crippen LogP contribution in [0.25, 0.3) is 0 Å². The van der Waals surface area contributed by atoms with E-state index in [4.69, 9.17) is 0 Å².